The van der Waals surface area contributed by atoms with E-state index in [1.807, 2.05) is 0 Å². The lowest BCUT2D eigenvalue weighted by molar-refractivity contribution is -0.120. The standard InChI is InChI=1S/C20H17N7O3/c21-12-11-15(28)24-25-17(19(29)23-13-7-3-1-4-8-13)16-18(22)26-27(20(16)30)14-9-5-2-6-10-14/h1-10,16H,11H2,(H2,22,26)(H,23,29)(H,24,28)/b25-17+. The van der Waals surface area contributed by atoms with E-state index in [1.54, 1.807) is 66.7 Å². The van der Waals surface area contributed by atoms with Crippen molar-refractivity contribution in [1.82, 2.24) is 5.43 Å². The molecule has 0 saturated carbocycles. The number of nitrogens with zero attached hydrogens (tertiary/aromatic N) is 4. The van der Waals surface area contributed by atoms with Gasteiger partial charge in [-0.25, -0.2) is 5.43 Å². The number of nitrogens with two attached hydrogens (primary N) is 1. The molecule has 3 rings (SSSR count). The maximum absolute atomic E-state index is 13.0. The van der Waals surface area contributed by atoms with Gasteiger partial charge < -0.3 is 11.1 Å². The molecule has 0 fully saturated rings. The monoisotopic (exact) mass is 403 g/mol. The second-order valence-corrected chi connectivity index (χ2v) is 6.13. The number of rotatable bonds is 6. The van der Waals surface area contributed by atoms with Gasteiger partial charge >= 0.3 is 0 Å². The highest BCUT2D eigenvalue weighted by molar-refractivity contribution is 6.52. The van der Waals surface area contributed by atoms with E-state index >= 15 is 0 Å². The second-order valence-electron chi connectivity index (χ2n) is 6.13. The second kappa shape index (κ2) is 9.11. The summed E-state index contributed by atoms with van der Waals surface area (Å²) in [5.41, 5.74) is 8.63. The fraction of sp³-hybridized carbons (Fsp3) is 0.100. The summed E-state index contributed by atoms with van der Waals surface area (Å²) in [4.78, 5) is 37.5. The number of nitrogens with one attached hydrogen (secondary N) is 2. The summed E-state index contributed by atoms with van der Waals surface area (Å²) >= 11 is 0. The fourth-order valence-corrected chi connectivity index (χ4v) is 2.68. The molecule has 1 unspecified atom stereocenters. The molecule has 3 amide bonds. The van der Waals surface area contributed by atoms with Crippen molar-refractivity contribution < 1.29 is 14.4 Å². The van der Waals surface area contributed by atoms with Crippen molar-refractivity contribution in [3.05, 3.63) is 60.7 Å². The number of carbonyl (C=O) groups excluding carboxylic acids is 3. The zero-order chi connectivity index (χ0) is 21.5. The molecule has 0 aromatic heterocycles. The summed E-state index contributed by atoms with van der Waals surface area (Å²) in [5, 5.41) is 20.1. The first-order valence-corrected chi connectivity index (χ1v) is 8.84. The number of para-hydroxylation sites is 2. The van der Waals surface area contributed by atoms with Crippen LogP contribution in [0.1, 0.15) is 6.42 Å². The van der Waals surface area contributed by atoms with Gasteiger partial charge in [0.1, 0.15) is 23.9 Å². The summed E-state index contributed by atoms with van der Waals surface area (Å²) in [6, 6.07) is 18.7. The van der Waals surface area contributed by atoms with Gasteiger partial charge in [0.25, 0.3) is 17.7 Å². The Balaban J connectivity index is 1.91. The van der Waals surface area contributed by atoms with Gasteiger partial charge in [0.05, 0.1) is 11.8 Å². The fourth-order valence-electron chi connectivity index (χ4n) is 2.68. The largest absolute Gasteiger partial charge is 0.385 e. The highest BCUT2D eigenvalue weighted by Crippen LogP contribution is 2.23. The number of hydrazone groups is 2. The maximum atomic E-state index is 13.0. The predicted molar refractivity (Wildman–Crippen MR) is 110 cm³/mol. The first kappa shape index (κ1) is 20.2. The quantitative estimate of drug-likeness (QED) is 0.484. The van der Waals surface area contributed by atoms with Gasteiger partial charge in [0.15, 0.2) is 0 Å². The molecule has 10 nitrogen and oxygen atoms in total. The topological polar surface area (TPSA) is 153 Å². The SMILES string of the molecule is N#CCC(=O)N/N=C(/C(=O)Nc1ccccc1)C1C(=O)N(c2ccccc2)N=C1N. The normalized spacial score (nSPS) is 15.9. The first-order valence-electron chi connectivity index (χ1n) is 8.84. The summed E-state index contributed by atoms with van der Waals surface area (Å²) in [6.07, 6.45) is -0.463. The van der Waals surface area contributed by atoms with E-state index in [0.717, 1.165) is 5.01 Å². The molecular weight excluding hydrogens is 386 g/mol. The highest BCUT2D eigenvalue weighted by atomic mass is 16.2. The minimum atomic E-state index is -1.31. The van der Waals surface area contributed by atoms with E-state index in [1.165, 1.54) is 0 Å². The Morgan fingerprint density at radius 1 is 1.13 bits per heavy atom. The van der Waals surface area contributed by atoms with Crippen molar-refractivity contribution in [2.45, 2.75) is 6.42 Å². The highest BCUT2D eigenvalue weighted by Gasteiger charge is 2.42. The molecule has 30 heavy (non-hydrogen) atoms. The molecule has 0 radical (unpaired) electrons. The van der Waals surface area contributed by atoms with Gasteiger partial charge in [-0.2, -0.15) is 20.5 Å². The molecule has 0 saturated heterocycles. The molecule has 2 aromatic rings. The van der Waals surface area contributed by atoms with E-state index in [2.05, 4.69) is 20.9 Å². The van der Waals surface area contributed by atoms with Crippen LogP contribution < -0.4 is 21.5 Å². The van der Waals surface area contributed by atoms with E-state index in [-0.39, 0.29) is 11.5 Å². The van der Waals surface area contributed by atoms with Crippen LogP contribution in [0, 0.1) is 17.2 Å². The van der Waals surface area contributed by atoms with Crippen LogP contribution in [0.15, 0.2) is 70.9 Å². The zero-order valence-electron chi connectivity index (χ0n) is 15.6. The molecule has 2 aromatic carbocycles. The molecule has 1 atom stereocenters. The van der Waals surface area contributed by atoms with Gasteiger partial charge in [0.2, 0.25) is 0 Å². The predicted octanol–water partition coefficient (Wildman–Crippen LogP) is 0.946. The lowest BCUT2D eigenvalue weighted by atomic mass is 10.0. The Hall–Kier alpha value is -4.52. The van der Waals surface area contributed by atoms with Crippen LogP contribution in [-0.4, -0.2) is 29.3 Å². The number of carbonyl (C=O) groups is 3. The van der Waals surface area contributed by atoms with E-state index in [9.17, 15) is 14.4 Å². The third kappa shape index (κ3) is 4.48. The number of benzene rings is 2. The van der Waals surface area contributed by atoms with Crippen LogP contribution in [0.3, 0.4) is 0 Å². The summed E-state index contributed by atoms with van der Waals surface area (Å²) in [6.45, 7) is 0. The van der Waals surface area contributed by atoms with E-state index < -0.39 is 30.1 Å². The molecule has 1 aliphatic rings. The molecule has 1 aliphatic heterocycles. The minimum Gasteiger partial charge on any atom is -0.385 e. The Bertz CT molecular complexity index is 1060. The third-order valence-electron chi connectivity index (χ3n) is 4.05. The van der Waals surface area contributed by atoms with E-state index in [4.69, 9.17) is 11.0 Å². The average molecular weight is 403 g/mol. The molecule has 10 heteroatoms. The summed E-state index contributed by atoms with van der Waals surface area (Å²) < 4.78 is 0. The van der Waals surface area contributed by atoms with Gasteiger partial charge in [-0.05, 0) is 24.3 Å². The number of amides is 3. The molecule has 0 spiro atoms. The van der Waals surface area contributed by atoms with Crippen molar-refractivity contribution in [2.24, 2.45) is 21.9 Å². The Kier molecular flexibility index (Phi) is 6.14. The van der Waals surface area contributed by atoms with Gasteiger partial charge in [0, 0.05) is 5.69 Å². The van der Waals surface area contributed by atoms with Crippen LogP contribution in [0.5, 0.6) is 0 Å². The van der Waals surface area contributed by atoms with Crippen molar-refractivity contribution >= 4 is 40.6 Å². The van der Waals surface area contributed by atoms with Crippen LogP contribution in [-0.2, 0) is 14.4 Å². The van der Waals surface area contributed by atoms with Crippen LogP contribution >= 0.6 is 0 Å². The minimum absolute atomic E-state index is 0.152. The van der Waals surface area contributed by atoms with Crippen LogP contribution in [0.25, 0.3) is 0 Å². The van der Waals surface area contributed by atoms with Crippen molar-refractivity contribution in [3.63, 3.8) is 0 Å². The number of anilines is 2. The number of hydrogen-bond donors (Lipinski definition) is 3. The van der Waals surface area contributed by atoms with Crippen molar-refractivity contribution in [3.8, 4) is 6.07 Å². The third-order valence-corrected chi connectivity index (χ3v) is 4.05. The number of hydrogen-bond acceptors (Lipinski definition) is 7. The lowest BCUT2D eigenvalue weighted by Gasteiger charge is -2.15. The molecule has 4 N–H and O–H groups in total. The van der Waals surface area contributed by atoms with E-state index in [0.29, 0.717) is 11.4 Å². The van der Waals surface area contributed by atoms with Crippen molar-refractivity contribution in [2.75, 3.05) is 10.3 Å². The molecule has 1 heterocycles. The van der Waals surface area contributed by atoms with Crippen LogP contribution in [0.2, 0.25) is 0 Å². The van der Waals surface area contributed by atoms with Gasteiger partial charge in [-0.3, -0.25) is 14.4 Å². The smallest absolute Gasteiger partial charge is 0.273 e. The summed E-state index contributed by atoms with van der Waals surface area (Å²) in [5.74, 6) is -3.54. The number of nitriles is 1. The Morgan fingerprint density at radius 2 is 1.77 bits per heavy atom. The lowest BCUT2D eigenvalue weighted by Crippen LogP contribution is -2.43. The molecular formula is C20H17N7O3. The molecule has 0 aliphatic carbocycles. The zero-order valence-corrected chi connectivity index (χ0v) is 15.6. The number of amidine groups is 1. The van der Waals surface area contributed by atoms with Crippen molar-refractivity contribution in [1.29, 1.82) is 5.26 Å². The Labute approximate surface area is 171 Å². The molecule has 150 valence electrons. The Morgan fingerprint density at radius 3 is 2.40 bits per heavy atom. The maximum Gasteiger partial charge on any atom is 0.273 e. The summed E-state index contributed by atoms with van der Waals surface area (Å²) in [7, 11) is 0. The van der Waals surface area contributed by atoms with Gasteiger partial charge in [-0.1, -0.05) is 36.4 Å². The molecule has 0 bridgehead atoms. The van der Waals surface area contributed by atoms with Gasteiger partial charge in [-0.15, -0.1) is 0 Å². The average Bonchev–Trinajstić information content (AvgIpc) is 3.04. The first-order chi connectivity index (χ1) is 14.5. The van der Waals surface area contributed by atoms with Crippen LogP contribution in [0.4, 0.5) is 11.4 Å².